The Balaban J connectivity index is 2.68. The number of hydrogen-bond donors (Lipinski definition) is 3. The van der Waals surface area contributed by atoms with Crippen LogP contribution in [0.2, 0.25) is 0 Å². The maximum atomic E-state index is 10.8. The minimum atomic E-state index is -0.387. The van der Waals surface area contributed by atoms with Crippen LogP contribution in [0, 0.1) is 0 Å². The molecule has 0 aliphatic rings. The van der Waals surface area contributed by atoms with Gasteiger partial charge in [-0.3, -0.25) is 10.1 Å². The molecule has 4 heteroatoms. The van der Waals surface area contributed by atoms with Crippen LogP contribution in [0.1, 0.15) is 25.5 Å². The van der Waals surface area contributed by atoms with E-state index in [2.05, 4.69) is 5.32 Å². The van der Waals surface area contributed by atoms with Gasteiger partial charge in [-0.2, -0.15) is 0 Å². The summed E-state index contributed by atoms with van der Waals surface area (Å²) in [5, 5.41) is 12.3. The standard InChI is InChI=1S/C11H16N2O2/c1-7(13-8(2)11(12)15)9-4-3-5-10(14)6-9/h3-8,13-14H,1-2H3,(H2,12,15). The van der Waals surface area contributed by atoms with E-state index in [1.807, 2.05) is 13.0 Å². The number of rotatable bonds is 4. The largest absolute Gasteiger partial charge is 0.508 e. The number of nitrogens with one attached hydrogen (secondary N) is 1. The van der Waals surface area contributed by atoms with Crippen molar-refractivity contribution >= 4 is 5.91 Å². The molecule has 0 heterocycles. The summed E-state index contributed by atoms with van der Waals surface area (Å²) in [4.78, 5) is 10.8. The van der Waals surface area contributed by atoms with Crippen molar-refractivity contribution in [3.63, 3.8) is 0 Å². The van der Waals surface area contributed by atoms with Crippen molar-refractivity contribution in [2.75, 3.05) is 0 Å². The van der Waals surface area contributed by atoms with Crippen LogP contribution in [0.4, 0.5) is 0 Å². The van der Waals surface area contributed by atoms with Crippen LogP contribution in [0.25, 0.3) is 0 Å². The predicted octanol–water partition coefficient (Wildman–Crippen LogP) is 0.917. The lowest BCUT2D eigenvalue weighted by atomic mass is 10.1. The molecule has 0 aliphatic carbocycles. The molecule has 1 amide bonds. The maximum absolute atomic E-state index is 10.8. The minimum Gasteiger partial charge on any atom is -0.508 e. The van der Waals surface area contributed by atoms with E-state index in [-0.39, 0.29) is 23.7 Å². The van der Waals surface area contributed by atoms with E-state index in [0.717, 1.165) is 5.56 Å². The molecule has 0 fully saturated rings. The average Bonchev–Trinajstić information content (AvgIpc) is 2.17. The predicted molar refractivity (Wildman–Crippen MR) is 58.3 cm³/mol. The Labute approximate surface area is 89.1 Å². The third-order valence-corrected chi connectivity index (χ3v) is 2.30. The molecule has 0 saturated carbocycles. The van der Waals surface area contributed by atoms with Gasteiger partial charge in [-0.1, -0.05) is 12.1 Å². The van der Waals surface area contributed by atoms with Gasteiger partial charge in [-0.25, -0.2) is 0 Å². The Morgan fingerprint density at radius 2 is 2.13 bits per heavy atom. The van der Waals surface area contributed by atoms with Crippen molar-refractivity contribution in [3.8, 4) is 5.75 Å². The van der Waals surface area contributed by atoms with Gasteiger partial charge in [0.1, 0.15) is 5.75 Å². The first-order valence-electron chi connectivity index (χ1n) is 4.85. The highest BCUT2D eigenvalue weighted by atomic mass is 16.3. The molecule has 1 rings (SSSR count). The summed E-state index contributed by atoms with van der Waals surface area (Å²) >= 11 is 0. The quantitative estimate of drug-likeness (QED) is 0.688. The van der Waals surface area contributed by atoms with E-state index in [0.29, 0.717) is 0 Å². The van der Waals surface area contributed by atoms with Crippen LogP contribution in [-0.2, 0) is 4.79 Å². The molecule has 2 atom stereocenters. The van der Waals surface area contributed by atoms with Crippen LogP contribution in [0.3, 0.4) is 0 Å². The van der Waals surface area contributed by atoms with E-state index in [4.69, 9.17) is 5.73 Å². The van der Waals surface area contributed by atoms with Gasteiger partial charge in [-0.15, -0.1) is 0 Å². The summed E-state index contributed by atoms with van der Waals surface area (Å²) in [6, 6.07) is 6.49. The van der Waals surface area contributed by atoms with Gasteiger partial charge in [0.2, 0.25) is 5.91 Å². The number of phenolic OH excluding ortho intramolecular Hbond substituents is 1. The van der Waals surface area contributed by atoms with E-state index in [1.165, 1.54) is 0 Å². The van der Waals surface area contributed by atoms with Crippen LogP contribution in [-0.4, -0.2) is 17.1 Å². The monoisotopic (exact) mass is 208 g/mol. The fraction of sp³-hybridized carbons (Fsp3) is 0.364. The Kier molecular flexibility index (Phi) is 3.68. The highest BCUT2D eigenvalue weighted by Crippen LogP contribution is 2.17. The number of carbonyl (C=O) groups excluding carboxylic acids is 1. The molecule has 0 radical (unpaired) electrons. The van der Waals surface area contributed by atoms with E-state index < -0.39 is 0 Å². The number of hydrogen-bond acceptors (Lipinski definition) is 3. The van der Waals surface area contributed by atoms with Crippen molar-refractivity contribution < 1.29 is 9.90 Å². The summed E-state index contributed by atoms with van der Waals surface area (Å²) < 4.78 is 0. The highest BCUT2D eigenvalue weighted by Gasteiger charge is 2.13. The van der Waals surface area contributed by atoms with Gasteiger partial charge in [0.15, 0.2) is 0 Å². The Hall–Kier alpha value is -1.55. The van der Waals surface area contributed by atoms with Crippen LogP contribution >= 0.6 is 0 Å². The van der Waals surface area contributed by atoms with Crippen LogP contribution < -0.4 is 11.1 Å². The lowest BCUT2D eigenvalue weighted by Gasteiger charge is -2.18. The van der Waals surface area contributed by atoms with Gasteiger partial charge in [-0.05, 0) is 31.5 Å². The van der Waals surface area contributed by atoms with Crippen LogP contribution in [0.5, 0.6) is 5.75 Å². The molecular formula is C11H16N2O2. The number of phenols is 1. The zero-order valence-electron chi connectivity index (χ0n) is 8.90. The molecule has 1 aromatic carbocycles. The number of nitrogens with two attached hydrogens (primary N) is 1. The van der Waals surface area contributed by atoms with E-state index >= 15 is 0 Å². The first-order chi connectivity index (χ1) is 7.00. The fourth-order valence-electron chi connectivity index (χ4n) is 1.35. The number of amides is 1. The Morgan fingerprint density at radius 1 is 1.47 bits per heavy atom. The molecule has 4 N–H and O–H groups in total. The molecule has 0 spiro atoms. The smallest absolute Gasteiger partial charge is 0.234 e. The van der Waals surface area contributed by atoms with E-state index in [9.17, 15) is 9.90 Å². The van der Waals surface area contributed by atoms with Crippen molar-refractivity contribution in [2.45, 2.75) is 25.9 Å². The second kappa shape index (κ2) is 4.79. The Bertz CT molecular complexity index is 352. The molecule has 4 nitrogen and oxygen atoms in total. The summed E-state index contributed by atoms with van der Waals surface area (Å²) in [6.45, 7) is 3.62. The zero-order valence-corrected chi connectivity index (χ0v) is 8.90. The van der Waals surface area contributed by atoms with Gasteiger partial charge in [0.05, 0.1) is 6.04 Å². The molecule has 1 aromatic rings. The lowest BCUT2D eigenvalue weighted by molar-refractivity contribution is -0.119. The summed E-state index contributed by atoms with van der Waals surface area (Å²) in [6.07, 6.45) is 0. The first-order valence-corrected chi connectivity index (χ1v) is 4.85. The molecular weight excluding hydrogens is 192 g/mol. The van der Waals surface area contributed by atoms with Crippen LogP contribution in [0.15, 0.2) is 24.3 Å². The summed E-state index contributed by atoms with van der Waals surface area (Å²) in [5.41, 5.74) is 6.06. The van der Waals surface area contributed by atoms with Crippen molar-refractivity contribution in [2.24, 2.45) is 5.73 Å². The van der Waals surface area contributed by atoms with Crippen molar-refractivity contribution in [3.05, 3.63) is 29.8 Å². The number of aromatic hydroxyl groups is 1. The van der Waals surface area contributed by atoms with Gasteiger partial charge in [0.25, 0.3) is 0 Å². The summed E-state index contributed by atoms with van der Waals surface area (Å²) in [5.74, 6) is -0.171. The third-order valence-electron chi connectivity index (χ3n) is 2.30. The molecule has 15 heavy (non-hydrogen) atoms. The maximum Gasteiger partial charge on any atom is 0.234 e. The Morgan fingerprint density at radius 3 is 2.67 bits per heavy atom. The second-order valence-electron chi connectivity index (χ2n) is 3.61. The average molecular weight is 208 g/mol. The highest BCUT2D eigenvalue weighted by molar-refractivity contribution is 5.79. The normalized spacial score (nSPS) is 14.5. The van der Waals surface area contributed by atoms with Crippen molar-refractivity contribution in [1.82, 2.24) is 5.32 Å². The van der Waals surface area contributed by atoms with E-state index in [1.54, 1.807) is 25.1 Å². The molecule has 0 aromatic heterocycles. The topological polar surface area (TPSA) is 75.3 Å². The second-order valence-corrected chi connectivity index (χ2v) is 3.61. The SMILES string of the molecule is CC(NC(C)c1cccc(O)c1)C(N)=O. The molecule has 2 unspecified atom stereocenters. The zero-order chi connectivity index (χ0) is 11.4. The molecule has 0 aliphatic heterocycles. The van der Waals surface area contributed by atoms with Crippen molar-refractivity contribution in [1.29, 1.82) is 0 Å². The number of carbonyl (C=O) groups is 1. The molecule has 0 bridgehead atoms. The fourth-order valence-corrected chi connectivity index (χ4v) is 1.35. The van der Waals surface area contributed by atoms with Gasteiger partial charge in [0, 0.05) is 6.04 Å². The number of primary amides is 1. The first kappa shape index (κ1) is 11.5. The summed E-state index contributed by atoms with van der Waals surface area (Å²) in [7, 11) is 0. The third kappa shape index (κ3) is 3.25. The van der Waals surface area contributed by atoms with Gasteiger partial charge < -0.3 is 10.8 Å². The molecule has 0 saturated heterocycles. The number of benzene rings is 1. The molecule has 82 valence electrons. The lowest BCUT2D eigenvalue weighted by Crippen LogP contribution is -2.39. The van der Waals surface area contributed by atoms with Gasteiger partial charge >= 0.3 is 0 Å². The minimum absolute atomic E-state index is 0.0281.